The molecule has 2 aromatic carbocycles. The van der Waals surface area contributed by atoms with E-state index in [1.54, 1.807) is 24.3 Å². The number of carbonyl (C=O) groups excluding carboxylic acids is 2. The second-order valence-corrected chi connectivity index (χ2v) is 8.98. The Labute approximate surface area is 193 Å². The largest absolute Gasteiger partial charge is 0.451 e. The fourth-order valence-electron chi connectivity index (χ4n) is 3.78. The lowest BCUT2D eigenvalue weighted by Crippen LogP contribution is -2.29. The molecule has 0 bridgehead atoms. The van der Waals surface area contributed by atoms with Gasteiger partial charge in [0.05, 0.1) is 11.4 Å². The predicted octanol–water partition coefficient (Wildman–Crippen LogP) is 5.02. The van der Waals surface area contributed by atoms with Crippen molar-refractivity contribution in [3.8, 4) is 0 Å². The summed E-state index contributed by atoms with van der Waals surface area (Å²) in [4.78, 5) is 38.3. The number of nitrogens with zero attached hydrogens (tertiary/aromatic N) is 2. The van der Waals surface area contributed by atoms with Gasteiger partial charge in [-0.3, -0.25) is 9.59 Å². The Kier molecular flexibility index (Phi) is 7.31. The molecule has 1 heterocycles. The van der Waals surface area contributed by atoms with Crippen molar-refractivity contribution in [1.29, 1.82) is 0 Å². The summed E-state index contributed by atoms with van der Waals surface area (Å²) < 4.78 is 6.57. The summed E-state index contributed by atoms with van der Waals surface area (Å²) in [6.45, 7) is 11.4. The minimum atomic E-state index is -0.753. The van der Waals surface area contributed by atoms with Gasteiger partial charge in [-0.05, 0) is 42.9 Å². The van der Waals surface area contributed by atoms with E-state index in [2.05, 4.69) is 38.1 Å². The third kappa shape index (κ3) is 5.13. The Morgan fingerprint density at radius 3 is 2.03 bits per heavy atom. The van der Waals surface area contributed by atoms with E-state index in [0.717, 1.165) is 16.8 Å². The summed E-state index contributed by atoms with van der Waals surface area (Å²) in [5, 5.41) is 7.95. The van der Waals surface area contributed by atoms with Gasteiger partial charge in [0.2, 0.25) is 0 Å². The third-order valence-electron chi connectivity index (χ3n) is 5.48. The average Bonchev–Trinajstić information content (AvgIpc) is 2.77. The van der Waals surface area contributed by atoms with Gasteiger partial charge in [0.25, 0.3) is 11.5 Å². The normalized spacial score (nSPS) is 11.4. The summed E-state index contributed by atoms with van der Waals surface area (Å²) in [6.07, 6.45) is 0. The quantitative estimate of drug-likeness (QED) is 0.512. The number of para-hydroxylation sites is 1. The highest BCUT2D eigenvalue weighted by Gasteiger charge is 2.21. The molecule has 1 N–H and O–H groups in total. The molecule has 0 radical (unpaired) electrons. The van der Waals surface area contributed by atoms with E-state index in [9.17, 15) is 14.4 Å². The van der Waals surface area contributed by atoms with E-state index < -0.39 is 18.5 Å². The first-order valence-corrected chi connectivity index (χ1v) is 11.2. The highest BCUT2D eigenvalue weighted by atomic mass is 16.5. The fourth-order valence-corrected chi connectivity index (χ4v) is 3.78. The first-order valence-electron chi connectivity index (χ1n) is 11.2. The van der Waals surface area contributed by atoms with Gasteiger partial charge in [-0.2, -0.15) is 5.10 Å². The number of carbonyl (C=O) groups is 2. The number of amides is 1. The number of rotatable bonds is 7. The Bertz CT molecular complexity index is 1220. The number of hydrogen-bond acceptors (Lipinski definition) is 5. The molecule has 1 amide bonds. The maximum absolute atomic E-state index is 12.9. The number of anilines is 1. The molecule has 0 saturated carbocycles. The van der Waals surface area contributed by atoms with Gasteiger partial charge in [-0.25, -0.2) is 9.48 Å². The smallest absolute Gasteiger partial charge is 0.359 e. The molecule has 0 atom stereocenters. The van der Waals surface area contributed by atoms with Crippen LogP contribution in [0.15, 0.2) is 47.3 Å². The standard InChI is InChI=1S/C26H31N3O4/c1-15(2)18-12-9-13-19(16(3)4)23(18)27-22(30)14-33-26(32)24-20-10-7-8-11-21(20)25(31)29(28-24)17(5)6/h7-13,15-17H,14H2,1-6H3,(H,27,30). The molecule has 0 aliphatic rings. The third-order valence-corrected chi connectivity index (χ3v) is 5.48. The van der Waals surface area contributed by atoms with E-state index in [-0.39, 0.29) is 29.1 Å². The van der Waals surface area contributed by atoms with Crippen LogP contribution in [0.4, 0.5) is 5.69 Å². The maximum Gasteiger partial charge on any atom is 0.359 e. The van der Waals surface area contributed by atoms with Gasteiger partial charge in [0, 0.05) is 11.1 Å². The van der Waals surface area contributed by atoms with Gasteiger partial charge >= 0.3 is 5.97 Å². The second kappa shape index (κ2) is 9.98. The number of aromatic nitrogens is 2. The molecule has 0 aliphatic carbocycles. The Morgan fingerprint density at radius 2 is 1.48 bits per heavy atom. The zero-order valence-electron chi connectivity index (χ0n) is 20.0. The Hall–Kier alpha value is -3.48. The molecular formula is C26H31N3O4. The lowest BCUT2D eigenvalue weighted by molar-refractivity contribution is -0.119. The van der Waals surface area contributed by atoms with Crippen molar-refractivity contribution < 1.29 is 14.3 Å². The van der Waals surface area contributed by atoms with Crippen molar-refractivity contribution in [3.63, 3.8) is 0 Å². The minimum Gasteiger partial charge on any atom is -0.451 e. The zero-order chi connectivity index (χ0) is 24.3. The summed E-state index contributed by atoms with van der Waals surface area (Å²) >= 11 is 0. The molecule has 0 saturated heterocycles. The molecule has 0 unspecified atom stereocenters. The second-order valence-electron chi connectivity index (χ2n) is 8.98. The van der Waals surface area contributed by atoms with Gasteiger partial charge in [0.15, 0.2) is 12.3 Å². The molecule has 174 valence electrons. The summed E-state index contributed by atoms with van der Waals surface area (Å²) in [5.74, 6) is -0.750. The Balaban J connectivity index is 1.85. The van der Waals surface area contributed by atoms with Crippen LogP contribution in [0.5, 0.6) is 0 Å². The van der Waals surface area contributed by atoms with Crippen LogP contribution in [-0.4, -0.2) is 28.3 Å². The molecule has 0 aliphatic heterocycles. The summed E-state index contributed by atoms with van der Waals surface area (Å²) in [6, 6.07) is 12.5. The maximum atomic E-state index is 12.9. The van der Waals surface area contributed by atoms with Crippen molar-refractivity contribution in [2.24, 2.45) is 0 Å². The van der Waals surface area contributed by atoms with Crippen molar-refractivity contribution >= 4 is 28.3 Å². The van der Waals surface area contributed by atoms with Crippen LogP contribution in [0.2, 0.25) is 0 Å². The molecule has 1 aromatic heterocycles. The van der Waals surface area contributed by atoms with Gasteiger partial charge in [-0.1, -0.05) is 64.1 Å². The van der Waals surface area contributed by atoms with E-state index in [0.29, 0.717) is 10.8 Å². The lowest BCUT2D eigenvalue weighted by Gasteiger charge is -2.20. The van der Waals surface area contributed by atoms with Crippen molar-refractivity contribution in [2.75, 3.05) is 11.9 Å². The fraction of sp³-hybridized carbons (Fsp3) is 0.385. The van der Waals surface area contributed by atoms with Crippen LogP contribution in [0.25, 0.3) is 10.8 Å². The molecule has 7 heteroatoms. The molecule has 0 fully saturated rings. The van der Waals surface area contributed by atoms with Crippen LogP contribution in [0.1, 0.15) is 81.0 Å². The van der Waals surface area contributed by atoms with E-state index in [1.807, 2.05) is 32.0 Å². The van der Waals surface area contributed by atoms with Crippen molar-refractivity contribution in [1.82, 2.24) is 9.78 Å². The summed E-state index contributed by atoms with van der Waals surface area (Å²) in [5.41, 5.74) is 2.55. The van der Waals surface area contributed by atoms with Gasteiger partial charge in [0.1, 0.15) is 0 Å². The predicted molar refractivity (Wildman–Crippen MR) is 130 cm³/mol. The molecule has 33 heavy (non-hydrogen) atoms. The molecule has 7 nitrogen and oxygen atoms in total. The zero-order valence-corrected chi connectivity index (χ0v) is 20.0. The SMILES string of the molecule is CC(C)c1cccc(C(C)C)c1NC(=O)COC(=O)c1nn(C(C)C)c(=O)c2ccccc12. The van der Waals surface area contributed by atoms with Crippen molar-refractivity contribution in [2.45, 2.75) is 59.4 Å². The first-order chi connectivity index (χ1) is 15.6. The monoisotopic (exact) mass is 449 g/mol. The topological polar surface area (TPSA) is 90.3 Å². The molecule has 0 spiro atoms. The minimum absolute atomic E-state index is 0.0112. The first kappa shape index (κ1) is 24.2. The summed E-state index contributed by atoms with van der Waals surface area (Å²) in [7, 11) is 0. The van der Waals surface area contributed by atoms with Crippen LogP contribution >= 0.6 is 0 Å². The highest BCUT2D eigenvalue weighted by molar-refractivity contribution is 6.03. The number of nitrogens with one attached hydrogen (secondary N) is 1. The lowest BCUT2D eigenvalue weighted by atomic mass is 9.92. The number of ether oxygens (including phenoxy) is 1. The van der Waals surface area contributed by atoms with E-state index in [1.165, 1.54) is 4.68 Å². The number of fused-ring (bicyclic) bond motifs is 1. The average molecular weight is 450 g/mol. The number of benzene rings is 2. The van der Waals surface area contributed by atoms with Crippen molar-refractivity contribution in [3.05, 3.63) is 69.6 Å². The van der Waals surface area contributed by atoms with E-state index in [4.69, 9.17) is 4.74 Å². The molecule has 3 aromatic rings. The van der Waals surface area contributed by atoms with Gasteiger partial charge < -0.3 is 10.1 Å². The molecule has 3 rings (SSSR count). The number of hydrogen-bond donors (Lipinski definition) is 1. The van der Waals surface area contributed by atoms with Crippen LogP contribution in [-0.2, 0) is 9.53 Å². The number of esters is 1. The van der Waals surface area contributed by atoms with Gasteiger partial charge in [-0.15, -0.1) is 0 Å². The highest BCUT2D eigenvalue weighted by Crippen LogP contribution is 2.32. The van der Waals surface area contributed by atoms with E-state index >= 15 is 0 Å². The van der Waals surface area contributed by atoms with Crippen LogP contribution in [0.3, 0.4) is 0 Å². The Morgan fingerprint density at radius 1 is 0.909 bits per heavy atom. The molecular weight excluding hydrogens is 418 g/mol. The van der Waals surface area contributed by atoms with Crippen LogP contribution < -0.4 is 10.9 Å². The van der Waals surface area contributed by atoms with Crippen LogP contribution in [0, 0.1) is 0 Å².